The normalized spacial score (nSPS) is 10.8. The van der Waals surface area contributed by atoms with Crippen LogP contribution in [0.1, 0.15) is 15.9 Å². The van der Waals surface area contributed by atoms with E-state index in [9.17, 15) is 24.1 Å². The molecule has 0 fully saturated rings. The molecule has 0 radical (unpaired) electrons. The Bertz CT molecular complexity index is 1390. The number of nitro groups is 1. The number of amides is 2. The number of carbonyl (C=O) groups excluding carboxylic acids is 2. The zero-order valence-corrected chi connectivity index (χ0v) is 20.0. The molecule has 10 heteroatoms. The van der Waals surface area contributed by atoms with Gasteiger partial charge in [0.2, 0.25) is 5.91 Å². The van der Waals surface area contributed by atoms with Gasteiger partial charge in [-0.05, 0) is 35.9 Å². The molecule has 184 valence electrons. The highest BCUT2D eigenvalue weighted by Crippen LogP contribution is 2.29. The number of nitrogens with zero attached hydrogens (tertiary/aromatic N) is 2. The first kappa shape index (κ1) is 24.9. The van der Waals surface area contributed by atoms with E-state index >= 15 is 0 Å². The molecular weight excluding hydrogens is 483 g/mol. The smallest absolute Gasteiger partial charge is 0.269 e. The second-order valence-electron chi connectivity index (χ2n) is 7.96. The minimum Gasteiger partial charge on any atom is -0.351 e. The molecule has 1 aromatic heterocycles. The van der Waals surface area contributed by atoms with Crippen molar-refractivity contribution in [1.29, 1.82) is 0 Å². The van der Waals surface area contributed by atoms with Crippen molar-refractivity contribution in [3.63, 3.8) is 0 Å². The van der Waals surface area contributed by atoms with Crippen LogP contribution in [-0.2, 0) is 17.9 Å². The van der Waals surface area contributed by atoms with E-state index in [0.717, 1.165) is 21.4 Å². The molecule has 0 aliphatic heterocycles. The number of nitro benzene ring substituents is 1. The number of halogens is 1. The average molecular weight is 507 g/mol. The first-order valence-corrected chi connectivity index (χ1v) is 12.1. The number of aromatic nitrogens is 1. The maximum atomic E-state index is 13.0. The van der Waals surface area contributed by atoms with Crippen LogP contribution < -0.4 is 10.6 Å². The van der Waals surface area contributed by atoms with Gasteiger partial charge in [-0.1, -0.05) is 30.3 Å². The van der Waals surface area contributed by atoms with Gasteiger partial charge in [-0.2, -0.15) is 0 Å². The summed E-state index contributed by atoms with van der Waals surface area (Å²) in [6, 6.07) is 19.3. The van der Waals surface area contributed by atoms with E-state index in [2.05, 4.69) is 10.6 Å². The minimum atomic E-state index is -0.510. The lowest BCUT2D eigenvalue weighted by Gasteiger charge is -2.07. The largest absolute Gasteiger partial charge is 0.351 e. The van der Waals surface area contributed by atoms with Crippen LogP contribution in [0.15, 0.2) is 83.9 Å². The van der Waals surface area contributed by atoms with Crippen molar-refractivity contribution in [2.24, 2.45) is 0 Å². The molecule has 36 heavy (non-hydrogen) atoms. The Morgan fingerprint density at radius 3 is 2.42 bits per heavy atom. The van der Waals surface area contributed by atoms with Crippen LogP contribution in [0, 0.1) is 15.9 Å². The van der Waals surface area contributed by atoms with Gasteiger partial charge in [0.25, 0.3) is 11.6 Å². The van der Waals surface area contributed by atoms with Gasteiger partial charge in [-0.15, -0.1) is 11.8 Å². The molecule has 4 rings (SSSR count). The van der Waals surface area contributed by atoms with E-state index in [0.29, 0.717) is 25.2 Å². The number of benzene rings is 3. The van der Waals surface area contributed by atoms with Gasteiger partial charge in [-0.25, -0.2) is 4.39 Å². The zero-order chi connectivity index (χ0) is 25.5. The third-order valence-electron chi connectivity index (χ3n) is 5.49. The number of hydrogen-bond donors (Lipinski definition) is 2. The fraction of sp³-hybridized carbons (Fsp3) is 0.154. The molecule has 0 unspecified atom stereocenters. The van der Waals surface area contributed by atoms with Crippen LogP contribution in [0.5, 0.6) is 0 Å². The first-order valence-electron chi connectivity index (χ1n) is 11.1. The third-order valence-corrected chi connectivity index (χ3v) is 6.54. The Morgan fingerprint density at radius 2 is 1.69 bits per heavy atom. The second kappa shape index (κ2) is 11.5. The molecule has 0 atom stereocenters. The summed E-state index contributed by atoms with van der Waals surface area (Å²) < 4.78 is 15.0. The van der Waals surface area contributed by atoms with Crippen LogP contribution in [0.2, 0.25) is 0 Å². The number of rotatable bonds is 10. The van der Waals surface area contributed by atoms with Crippen molar-refractivity contribution in [1.82, 2.24) is 15.2 Å². The molecule has 2 amide bonds. The fourth-order valence-electron chi connectivity index (χ4n) is 3.64. The summed E-state index contributed by atoms with van der Waals surface area (Å²) in [5.74, 6) is -0.528. The van der Waals surface area contributed by atoms with Gasteiger partial charge in [0, 0.05) is 59.3 Å². The molecule has 4 aromatic rings. The fourth-order valence-corrected chi connectivity index (χ4v) is 4.56. The molecule has 1 heterocycles. The van der Waals surface area contributed by atoms with Crippen LogP contribution >= 0.6 is 11.8 Å². The standard InChI is InChI=1S/C26H23FN4O4S/c27-20-9-5-18(6-10-20)15-29-25(32)17-36-24-16-30(23-4-2-1-3-22(23)24)14-13-28-26(33)19-7-11-21(12-8-19)31(34)35/h1-12,16H,13-15,17H2,(H,28,33)(H,29,32). The summed E-state index contributed by atoms with van der Waals surface area (Å²) in [5, 5.41) is 17.5. The summed E-state index contributed by atoms with van der Waals surface area (Å²) in [6.45, 7) is 1.20. The summed E-state index contributed by atoms with van der Waals surface area (Å²) in [5.41, 5.74) is 2.08. The van der Waals surface area contributed by atoms with Gasteiger partial charge in [0.05, 0.1) is 10.7 Å². The van der Waals surface area contributed by atoms with E-state index in [4.69, 9.17) is 0 Å². The molecule has 0 saturated heterocycles. The van der Waals surface area contributed by atoms with Crippen molar-refractivity contribution in [2.45, 2.75) is 18.0 Å². The molecule has 0 aliphatic rings. The Morgan fingerprint density at radius 1 is 0.972 bits per heavy atom. The summed E-state index contributed by atoms with van der Waals surface area (Å²) in [6.07, 6.45) is 1.96. The SMILES string of the molecule is O=C(CSc1cn(CCNC(=O)c2ccc([N+](=O)[O-])cc2)c2ccccc12)NCc1ccc(F)cc1. The number of thioether (sulfide) groups is 1. The maximum Gasteiger partial charge on any atom is 0.269 e. The van der Waals surface area contributed by atoms with Gasteiger partial charge >= 0.3 is 0 Å². The van der Waals surface area contributed by atoms with Crippen LogP contribution in [0.3, 0.4) is 0 Å². The lowest BCUT2D eigenvalue weighted by atomic mass is 10.2. The topological polar surface area (TPSA) is 106 Å². The number of non-ortho nitro benzene ring substituents is 1. The Balaban J connectivity index is 1.33. The minimum absolute atomic E-state index is 0.0699. The number of carbonyl (C=O) groups is 2. The molecule has 0 aliphatic carbocycles. The van der Waals surface area contributed by atoms with Crippen molar-refractivity contribution >= 4 is 40.2 Å². The van der Waals surface area contributed by atoms with E-state index in [-0.39, 0.29) is 29.1 Å². The highest BCUT2D eigenvalue weighted by Gasteiger charge is 2.12. The van der Waals surface area contributed by atoms with Crippen molar-refractivity contribution < 1.29 is 18.9 Å². The Kier molecular flexibility index (Phi) is 7.96. The highest BCUT2D eigenvalue weighted by atomic mass is 32.2. The molecular formula is C26H23FN4O4S. The van der Waals surface area contributed by atoms with Crippen molar-refractivity contribution in [3.05, 3.63) is 106 Å². The van der Waals surface area contributed by atoms with E-state index in [1.807, 2.05) is 35.0 Å². The predicted molar refractivity (Wildman–Crippen MR) is 136 cm³/mol. The van der Waals surface area contributed by atoms with E-state index in [1.165, 1.54) is 48.2 Å². The van der Waals surface area contributed by atoms with Gasteiger partial charge in [0.1, 0.15) is 5.82 Å². The molecule has 2 N–H and O–H groups in total. The molecule has 8 nitrogen and oxygen atoms in total. The van der Waals surface area contributed by atoms with Crippen molar-refractivity contribution in [3.8, 4) is 0 Å². The van der Waals surface area contributed by atoms with Crippen LogP contribution in [-0.4, -0.2) is 33.6 Å². The van der Waals surface area contributed by atoms with Crippen LogP contribution in [0.25, 0.3) is 10.9 Å². The third kappa shape index (κ3) is 6.28. The molecule has 3 aromatic carbocycles. The summed E-state index contributed by atoms with van der Waals surface area (Å²) in [7, 11) is 0. The monoisotopic (exact) mass is 506 g/mol. The first-order chi connectivity index (χ1) is 17.4. The molecule has 0 saturated carbocycles. The van der Waals surface area contributed by atoms with Crippen molar-refractivity contribution in [2.75, 3.05) is 12.3 Å². The van der Waals surface area contributed by atoms with E-state index in [1.54, 1.807) is 12.1 Å². The van der Waals surface area contributed by atoms with Gasteiger partial charge in [-0.3, -0.25) is 19.7 Å². The lowest BCUT2D eigenvalue weighted by molar-refractivity contribution is -0.384. The highest BCUT2D eigenvalue weighted by molar-refractivity contribution is 8.00. The maximum absolute atomic E-state index is 13.0. The summed E-state index contributed by atoms with van der Waals surface area (Å²) in [4.78, 5) is 35.9. The Hall–Kier alpha value is -4.18. The quantitative estimate of drug-likeness (QED) is 0.187. The predicted octanol–water partition coefficient (Wildman–Crippen LogP) is 4.53. The number of nitrogens with one attached hydrogen (secondary N) is 2. The number of para-hydroxylation sites is 1. The van der Waals surface area contributed by atoms with Crippen LogP contribution in [0.4, 0.5) is 10.1 Å². The van der Waals surface area contributed by atoms with E-state index < -0.39 is 4.92 Å². The molecule has 0 bridgehead atoms. The van der Waals surface area contributed by atoms with Gasteiger partial charge in [0.15, 0.2) is 0 Å². The molecule has 0 spiro atoms. The second-order valence-corrected chi connectivity index (χ2v) is 8.97. The number of fused-ring (bicyclic) bond motifs is 1. The average Bonchev–Trinajstić information content (AvgIpc) is 3.24. The lowest BCUT2D eigenvalue weighted by Crippen LogP contribution is -2.27. The number of hydrogen-bond acceptors (Lipinski definition) is 5. The Labute approximate surface area is 210 Å². The zero-order valence-electron chi connectivity index (χ0n) is 19.1. The summed E-state index contributed by atoms with van der Waals surface area (Å²) >= 11 is 1.42. The van der Waals surface area contributed by atoms with Gasteiger partial charge < -0.3 is 15.2 Å².